The van der Waals surface area contributed by atoms with Gasteiger partial charge >= 0.3 is 6.18 Å². The van der Waals surface area contributed by atoms with E-state index in [9.17, 15) is 22.8 Å². The molecule has 11 heteroatoms. The number of para-hydroxylation sites is 1. The van der Waals surface area contributed by atoms with Crippen molar-refractivity contribution in [2.24, 2.45) is 7.05 Å². The lowest BCUT2D eigenvalue weighted by atomic mass is 10.1. The Labute approximate surface area is 207 Å². The number of aromatic nitrogens is 4. The Bertz CT molecular complexity index is 1690. The third kappa shape index (κ3) is 4.42. The average Bonchev–Trinajstić information content (AvgIpc) is 3.22. The van der Waals surface area contributed by atoms with Crippen LogP contribution in [-0.4, -0.2) is 25.0 Å². The molecule has 0 aliphatic heterocycles. The van der Waals surface area contributed by atoms with Gasteiger partial charge in [-0.05, 0) is 35.9 Å². The fraction of sp³-hybridized carbons (Fsp3) is 0.0769. The van der Waals surface area contributed by atoms with Gasteiger partial charge in [-0.25, -0.2) is 9.97 Å². The zero-order valence-electron chi connectivity index (χ0n) is 19.3. The predicted molar refractivity (Wildman–Crippen MR) is 133 cm³/mol. The van der Waals surface area contributed by atoms with Crippen molar-refractivity contribution in [2.45, 2.75) is 6.18 Å². The van der Waals surface area contributed by atoms with E-state index in [0.717, 1.165) is 15.7 Å². The first-order chi connectivity index (χ1) is 17.6. The minimum atomic E-state index is -4.76. The minimum absolute atomic E-state index is 0.204. The number of halogens is 3. The molecule has 186 valence electrons. The first-order valence-electron chi connectivity index (χ1n) is 11.0. The third-order valence-corrected chi connectivity index (χ3v) is 5.86. The summed E-state index contributed by atoms with van der Waals surface area (Å²) >= 11 is 0. The summed E-state index contributed by atoms with van der Waals surface area (Å²) in [6.45, 7) is 0. The second kappa shape index (κ2) is 8.94. The van der Waals surface area contributed by atoms with Crippen LogP contribution in [0.15, 0.2) is 84.2 Å². The summed E-state index contributed by atoms with van der Waals surface area (Å²) in [7, 11) is 1.82. The Morgan fingerprint density at radius 1 is 1.00 bits per heavy atom. The van der Waals surface area contributed by atoms with Gasteiger partial charge in [0.25, 0.3) is 11.5 Å². The van der Waals surface area contributed by atoms with Crippen LogP contribution in [0.25, 0.3) is 27.8 Å². The van der Waals surface area contributed by atoms with Crippen molar-refractivity contribution in [1.29, 1.82) is 0 Å². The van der Waals surface area contributed by atoms with Gasteiger partial charge < -0.3 is 15.6 Å². The van der Waals surface area contributed by atoms with Crippen LogP contribution in [0.2, 0.25) is 0 Å². The van der Waals surface area contributed by atoms with E-state index < -0.39 is 28.8 Å². The van der Waals surface area contributed by atoms with E-state index in [1.54, 1.807) is 42.5 Å². The number of alkyl halides is 3. The lowest BCUT2D eigenvalue weighted by Crippen LogP contribution is -2.30. The van der Waals surface area contributed by atoms with Gasteiger partial charge in [-0.2, -0.15) is 13.2 Å². The Balaban J connectivity index is 1.49. The summed E-state index contributed by atoms with van der Waals surface area (Å²) < 4.78 is 43.3. The lowest BCUT2D eigenvalue weighted by molar-refractivity contribution is -0.138. The lowest BCUT2D eigenvalue weighted by Gasteiger charge is -2.14. The van der Waals surface area contributed by atoms with Crippen LogP contribution < -0.4 is 16.6 Å². The summed E-state index contributed by atoms with van der Waals surface area (Å²) in [5.41, 5.74) is 6.10. The summed E-state index contributed by atoms with van der Waals surface area (Å²) in [5.74, 6) is -0.645. The number of benzene rings is 2. The molecule has 0 radical (unpaired) electrons. The van der Waals surface area contributed by atoms with Crippen molar-refractivity contribution in [3.8, 4) is 16.8 Å². The van der Waals surface area contributed by atoms with Crippen molar-refractivity contribution in [1.82, 2.24) is 19.1 Å². The topological polar surface area (TPSA) is 108 Å². The van der Waals surface area contributed by atoms with E-state index in [0.29, 0.717) is 34.8 Å². The maximum atomic E-state index is 13.6. The van der Waals surface area contributed by atoms with Crippen LogP contribution in [0.5, 0.6) is 0 Å². The van der Waals surface area contributed by atoms with Gasteiger partial charge in [-0.1, -0.05) is 30.3 Å². The zero-order valence-corrected chi connectivity index (χ0v) is 19.3. The van der Waals surface area contributed by atoms with Gasteiger partial charge in [0.05, 0.1) is 10.9 Å². The monoisotopic (exact) mass is 504 g/mol. The van der Waals surface area contributed by atoms with Gasteiger partial charge in [0.15, 0.2) is 0 Å². The molecule has 0 bridgehead atoms. The molecule has 2 aromatic carbocycles. The van der Waals surface area contributed by atoms with Crippen molar-refractivity contribution in [3.05, 3.63) is 101 Å². The molecule has 0 atom stereocenters. The number of aryl methyl sites for hydroxylation is 1. The normalized spacial score (nSPS) is 11.6. The molecule has 0 saturated heterocycles. The number of nitrogen functional groups attached to an aromatic ring is 1. The highest BCUT2D eigenvalue weighted by molar-refractivity contribution is 6.05. The number of hydrogen-bond acceptors (Lipinski definition) is 5. The molecule has 0 fully saturated rings. The smallest absolute Gasteiger partial charge is 0.383 e. The molecule has 5 aromatic rings. The molecule has 0 saturated carbocycles. The molecule has 1 amide bonds. The van der Waals surface area contributed by atoms with Crippen LogP contribution in [0.3, 0.4) is 0 Å². The molecule has 0 aliphatic carbocycles. The van der Waals surface area contributed by atoms with E-state index in [2.05, 4.69) is 15.3 Å². The minimum Gasteiger partial charge on any atom is -0.383 e. The van der Waals surface area contributed by atoms with Gasteiger partial charge in [0, 0.05) is 36.4 Å². The molecule has 37 heavy (non-hydrogen) atoms. The second-order valence-electron chi connectivity index (χ2n) is 8.29. The van der Waals surface area contributed by atoms with E-state index in [-0.39, 0.29) is 5.69 Å². The maximum Gasteiger partial charge on any atom is 0.417 e. The zero-order chi connectivity index (χ0) is 26.3. The molecule has 3 heterocycles. The summed E-state index contributed by atoms with van der Waals surface area (Å²) in [4.78, 5) is 34.2. The summed E-state index contributed by atoms with van der Waals surface area (Å²) in [6, 6.07) is 14.9. The van der Waals surface area contributed by atoms with Crippen LogP contribution in [-0.2, 0) is 13.2 Å². The number of carbonyl (C=O) groups is 1. The number of nitrogens with one attached hydrogen (secondary N) is 1. The molecular formula is C26H19F3N6O2. The average molecular weight is 504 g/mol. The Morgan fingerprint density at radius 2 is 1.70 bits per heavy atom. The van der Waals surface area contributed by atoms with E-state index in [4.69, 9.17) is 5.73 Å². The quantitative estimate of drug-likeness (QED) is 0.371. The van der Waals surface area contributed by atoms with Gasteiger partial charge in [0.2, 0.25) is 0 Å². The first-order valence-corrected chi connectivity index (χ1v) is 11.0. The molecule has 0 unspecified atom stereocenters. The van der Waals surface area contributed by atoms with Crippen molar-refractivity contribution < 1.29 is 18.0 Å². The number of amides is 1. The molecule has 3 N–H and O–H groups in total. The van der Waals surface area contributed by atoms with E-state index in [1.807, 2.05) is 17.8 Å². The molecular weight excluding hydrogens is 485 g/mol. The third-order valence-electron chi connectivity index (χ3n) is 5.86. The fourth-order valence-electron chi connectivity index (χ4n) is 4.07. The first kappa shape index (κ1) is 23.8. The van der Waals surface area contributed by atoms with Crippen LogP contribution in [0.1, 0.15) is 15.9 Å². The number of fused-ring (bicyclic) bond motifs is 1. The Morgan fingerprint density at radius 3 is 2.38 bits per heavy atom. The SMILES string of the molecule is Cn1cc(-c2ccc(NC(=O)c3cc(C(F)(F)F)cn(-c4ccccc4)c3=O)cc2)c2c(N)ncnc21. The van der Waals surface area contributed by atoms with Gasteiger partial charge in [-0.15, -0.1) is 0 Å². The summed E-state index contributed by atoms with van der Waals surface area (Å²) in [6.07, 6.45) is -0.856. The Kier molecular flexibility index (Phi) is 5.75. The summed E-state index contributed by atoms with van der Waals surface area (Å²) in [5, 5.41) is 3.19. The largest absolute Gasteiger partial charge is 0.417 e. The van der Waals surface area contributed by atoms with Gasteiger partial charge in [-0.3, -0.25) is 14.2 Å². The number of pyridine rings is 1. The molecule has 0 spiro atoms. The molecule has 3 aromatic heterocycles. The van der Waals surface area contributed by atoms with Crippen molar-refractivity contribution in [2.75, 3.05) is 11.1 Å². The van der Waals surface area contributed by atoms with Gasteiger partial charge in [0.1, 0.15) is 23.4 Å². The van der Waals surface area contributed by atoms with Crippen molar-refractivity contribution in [3.63, 3.8) is 0 Å². The van der Waals surface area contributed by atoms with Crippen molar-refractivity contribution >= 4 is 28.4 Å². The number of rotatable bonds is 4. The second-order valence-corrected chi connectivity index (χ2v) is 8.29. The number of hydrogen-bond donors (Lipinski definition) is 2. The molecule has 0 aliphatic rings. The maximum absolute atomic E-state index is 13.6. The Hall–Kier alpha value is -4.93. The molecule has 5 rings (SSSR count). The number of anilines is 2. The highest BCUT2D eigenvalue weighted by Crippen LogP contribution is 2.33. The van der Waals surface area contributed by atoms with E-state index in [1.165, 1.54) is 18.5 Å². The van der Waals surface area contributed by atoms with Crippen LogP contribution >= 0.6 is 0 Å². The molecule has 8 nitrogen and oxygen atoms in total. The van der Waals surface area contributed by atoms with E-state index >= 15 is 0 Å². The predicted octanol–water partition coefficient (Wildman–Crippen LogP) is 4.64. The van der Waals surface area contributed by atoms with Crippen LogP contribution in [0, 0.1) is 0 Å². The number of nitrogens with zero attached hydrogens (tertiary/aromatic N) is 4. The highest BCUT2D eigenvalue weighted by Gasteiger charge is 2.33. The standard InChI is InChI=1S/C26H19F3N6O2/c1-34-13-20(21-22(30)31-14-32-23(21)34)15-7-9-17(10-8-15)33-24(36)19-11-16(26(27,28)29)12-35(25(19)37)18-5-3-2-4-6-18/h2-14H,1H3,(H,33,36)(H2,30,31,32). The fourth-order valence-corrected chi connectivity index (χ4v) is 4.07. The number of carbonyl (C=O) groups excluding carboxylic acids is 1. The van der Waals surface area contributed by atoms with Crippen LogP contribution in [0.4, 0.5) is 24.7 Å². The highest BCUT2D eigenvalue weighted by atomic mass is 19.4. The number of nitrogens with two attached hydrogens (primary N) is 1.